The Kier molecular flexibility index (Phi) is 4.72. The molecule has 0 unspecified atom stereocenters. The van der Waals surface area contributed by atoms with Gasteiger partial charge in [-0.2, -0.15) is 13.2 Å². The topological polar surface area (TPSA) is 59.0 Å². The normalized spacial score (nSPS) is 14.0. The number of hydrogen-bond acceptors (Lipinski definition) is 4. The number of amides is 1. The van der Waals surface area contributed by atoms with Crippen molar-refractivity contribution in [3.8, 4) is 5.69 Å². The zero-order valence-electron chi connectivity index (χ0n) is 14.9. The SMILES string of the molecule is Cc1cn(-c2cc(NC(=O)c3csc4c3CCNC4)cc(C(F)(F)F)c2)cn1. The monoisotopic (exact) mass is 406 g/mol. The number of thiophene rings is 1. The Bertz CT molecular complexity index is 1040. The lowest BCUT2D eigenvalue weighted by atomic mass is 10.0. The van der Waals surface area contributed by atoms with E-state index in [1.165, 1.54) is 28.3 Å². The van der Waals surface area contributed by atoms with Gasteiger partial charge in [-0.1, -0.05) is 0 Å². The van der Waals surface area contributed by atoms with E-state index in [9.17, 15) is 18.0 Å². The molecule has 4 rings (SSSR count). The maximum atomic E-state index is 13.4. The lowest BCUT2D eigenvalue weighted by Gasteiger charge is -2.15. The molecule has 3 heterocycles. The molecule has 0 atom stereocenters. The van der Waals surface area contributed by atoms with Gasteiger partial charge in [0.05, 0.1) is 23.1 Å². The molecular weight excluding hydrogens is 389 g/mol. The van der Waals surface area contributed by atoms with E-state index in [2.05, 4.69) is 15.6 Å². The highest BCUT2D eigenvalue weighted by Gasteiger charge is 2.32. The van der Waals surface area contributed by atoms with Crippen molar-refractivity contribution in [3.63, 3.8) is 0 Å². The van der Waals surface area contributed by atoms with Gasteiger partial charge in [0, 0.05) is 34.4 Å². The number of hydrogen-bond donors (Lipinski definition) is 2. The maximum Gasteiger partial charge on any atom is 0.416 e. The minimum absolute atomic E-state index is 0.0927. The molecule has 1 aliphatic rings. The molecule has 0 spiro atoms. The molecule has 1 amide bonds. The van der Waals surface area contributed by atoms with Gasteiger partial charge in [0.1, 0.15) is 0 Å². The molecule has 146 valence electrons. The number of alkyl halides is 3. The molecule has 1 aromatic carbocycles. The number of rotatable bonds is 3. The van der Waals surface area contributed by atoms with Crippen molar-refractivity contribution >= 4 is 22.9 Å². The van der Waals surface area contributed by atoms with Crippen LogP contribution in [-0.4, -0.2) is 22.0 Å². The fourth-order valence-corrected chi connectivity index (χ4v) is 4.26. The summed E-state index contributed by atoms with van der Waals surface area (Å²) in [5, 5.41) is 7.64. The van der Waals surface area contributed by atoms with E-state index >= 15 is 0 Å². The summed E-state index contributed by atoms with van der Waals surface area (Å²) in [7, 11) is 0. The molecule has 5 nitrogen and oxygen atoms in total. The first-order chi connectivity index (χ1) is 13.3. The summed E-state index contributed by atoms with van der Waals surface area (Å²) in [6.07, 6.45) is -0.732. The van der Waals surface area contributed by atoms with Gasteiger partial charge >= 0.3 is 6.18 Å². The van der Waals surface area contributed by atoms with Gasteiger partial charge in [0.15, 0.2) is 0 Å². The number of halogens is 3. The van der Waals surface area contributed by atoms with Crippen LogP contribution in [0.5, 0.6) is 0 Å². The van der Waals surface area contributed by atoms with E-state index in [0.29, 0.717) is 17.8 Å². The van der Waals surface area contributed by atoms with E-state index in [0.717, 1.165) is 35.5 Å². The molecule has 0 bridgehead atoms. The zero-order chi connectivity index (χ0) is 19.9. The molecule has 2 N–H and O–H groups in total. The summed E-state index contributed by atoms with van der Waals surface area (Å²) in [6, 6.07) is 3.50. The average molecular weight is 406 g/mol. The van der Waals surface area contributed by atoms with Crippen LogP contribution < -0.4 is 10.6 Å². The van der Waals surface area contributed by atoms with Crippen LogP contribution in [0.25, 0.3) is 5.69 Å². The number of fused-ring (bicyclic) bond motifs is 1. The van der Waals surface area contributed by atoms with Crippen LogP contribution in [0.4, 0.5) is 18.9 Å². The molecular formula is C19H17F3N4OS. The van der Waals surface area contributed by atoms with Crippen molar-refractivity contribution in [2.75, 3.05) is 11.9 Å². The number of aromatic nitrogens is 2. The summed E-state index contributed by atoms with van der Waals surface area (Å²) in [5.74, 6) is -0.397. The van der Waals surface area contributed by atoms with Gasteiger partial charge in [-0.05, 0) is 43.7 Å². The van der Waals surface area contributed by atoms with Crippen molar-refractivity contribution < 1.29 is 18.0 Å². The van der Waals surface area contributed by atoms with E-state index in [4.69, 9.17) is 0 Å². The number of benzene rings is 1. The van der Waals surface area contributed by atoms with Gasteiger partial charge in [0.25, 0.3) is 5.91 Å². The van der Waals surface area contributed by atoms with Crippen LogP contribution in [0.15, 0.2) is 36.1 Å². The lowest BCUT2D eigenvalue weighted by molar-refractivity contribution is -0.137. The van der Waals surface area contributed by atoms with E-state index in [1.807, 2.05) is 0 Å². The minimum Gasteiger partial charge on any atom is -0.322 e. The Labute approximate surface area is 163 Å². The largest absolute Gasteiger partial charge is 0.416 e. The Balaban J connectivity index is 1.69. The highest BCUT2D eigenvalue weighted by molar-refractivity contribution is 7.10. The molecule has 28 heavy (non-hydrogen) atoms. The highest BCUT2D eigenvalue weighted by atomic mass is 32.1. The maximum absolute atomic E-state index is 13.4. The molecule has 2 aromatic heterocycles. The second-order valence-corrected chi connectivity index (χ2v) is 7.58. The molecule has 0 fully saturated rings. The molecule has 1 aliphatic heterocycles. The van der Waals surface area contributed by atoms with Crippen LogP contribution in [0.2, 0.25) is 0 Å². The first-order valence-electron chi connectivity index (χ1n) is 8.66. The number of nitrogens with zero attached hydrogens (tertiary/aromatic N) is 2. The summed E-state index contributed by atoms with van der Waals surface area (Å²) in [6.45, 7) is 3.24. The van der Waals surface area contributed by atoms with Crippen molar-refractivity contribution in [2.24, 2.45) is 0 Å². The van der Waals surface area contributed by atoms with E-state index < -0.39 is 17.6 Å². The Hall–Kier alpha value is -2.65. The Morgan fingerprint density at radius 3 is 2.86 bits per heavy atom. The van der Waals surface area contributed by atoms with Crippen LogP contribution in [0.3, 0.4) is 0 Å². The lowest BCUT2D eigenvalue weighted by Crippen LogP contribution is -2.24. The van der Waals surface area contributed by atoms with Crippen LogP contribution in [0, 0.1) is 6.92 Å². The smallest absolute Gasteiger partial charge is 0.322 e. The third-order valence-electron chi connectivity index (χ3n) is 4.58. The third kappa shape index (κ3) is 3.67. The van der Waals surface area contributed by atoms with Gasteiger partial charge in [-0.15, -0.1) is 11.3 Å². The number of anilines is 1. The van der Waals surface area contributed by atoms with Crippen molar-refractivity contribution in [3.05, 3.63) is 63.4 Å². The number of carbonyl (C=O) groups is 1. The Morgan fingerprint density at radius 1 is 1.32 bits per heavy atom. The van der Waals surface area contributed by atoms with E-state index in [1.54, 1.807) is 18.5 Å². The van der Waals surface area contributed by atoms with E-state index in [-0.39, 0.29) is 11.4 Å². The molecule has 0 saturated carbocycles. The summed E-state index contributed by atoms with van der Waals surface area (Å²) in [4.78, 5) is 17.9. The fourth-order valence-electron chi connectivity index (χ4n) is 3.21. The number of aryl methyl sites for hydroxylation is 1. The van der Waals surface area contributed by atoms with Crippen LogP contribution in [0.1, 0.15) is 32.1 Å². The number of imidazole rings is 1. The number of nitrogens with one attached hydrogen (secondary N) is 2. The molecule has 0 radical (unpaired) electrons. The molecule has 0 saturated heterocycles. The predicted molar refractivity (Wildman–Crippen MR) is 101 cm³/mol. The second-order valence-electron chi connectivity index (χ2n) is 6.62. The summed E-state index contributed by atoms with van der Waals surface area (Å²) < 4.78 is 41.6. The Morgan fingerprint density at radius 2 is 2.14 bits per heavy atom. The minimum atomic E-state index is -4.53. The predicted octanol–water partition coefficient (Wildman–Crippen LogP) is 4.16. The summed E-state index contributed by atoms with van der Waals surface area (Å²) >= 11 is 1.49. The van der Waals surface area contributed by atoms with Gasteiger partial charge in [0.2, 0.25) is 0 Å². The second kappa shape index (κ2) is 7.06. The molecule has 3 aromatic rings. The van der Waals surface area contributed by atoms with Crippen molar-refractivity contribution in [2.45, 2.75) is 26.1 Å². The van der Waals surface area contributed by atoms with Gasteiger partial charge < -0.3 is 15.2 Å². The average Bonchev–Trinajstić information content (AvgIpc) is 3.27. The van der Waals surface area contributed by atoms with Crippen LogP contribution >= 0.6 is 11.3 Å². The molecule has 0 aliphatic carbocycles. The summed E-state index contributed by atoms with van der Waals surface area (Å²) in [5.41, 5.74) is 1.72. The third-order valence-corrected chi connectivity index (χ3v) is 5.60. The quantitative estimate of drug-likeness (QED) is 0.687. The van der Waals surface area contributed by atoms with Gasteiger partial charge in [-0.25, -0.2) is 4.98 Å². The van der Waals surface area contributed by atoms with Gasteiger partial charge in [-0.3, -0.25) is 4.79 Å². The van der Waals surface area contributed by atoms with Crippen LogP contribution in [-0.2, 0) is 19.1 Å². The standard InChI is InChI=1S/C19H17F3N4OS/c1-11-8-26(10-24-11)14-5-12(19(20,21)22)4-13(6-14)25-18(27)16-9-28-17-7-23-3-2-15(16)17/h4-6,8-10,23H,2-3,7H2,1H3,(H,25,27). The highest BCUT2D eigenvalue weighted by Crippen LogP contribution is 2.33. The fraction of sp³-hybridized carbons (Fsp3) is 0.263. The first-order valence-corrected chi connectivity index (χ1v) is 9.54. The molecule has 9 heteroatoms. The van der Waals surface area contributed by atoms with Crippen molar-refractivity contribution in [1.29, 1.82) is 0 Å². The van der Waals surface area contributed by atoms with Crippen molar-refractivity contribution in [1.82, 2.24) is 14.9 Å². The number of carbonyl (C=O) groups excluding carboxylic acids is 1. The zero-order valence-corrected chi connectivity index (χ0v) is 15.7. The first kappa shape index (κ1) is 18.7.